The first-order valence-corrected chi connectivity index (χ1v) is 11.3. The van der Waals surface area contributed by atoms with Crippen LogP contribution in [0.5, 0.6) is 0 Å². The molecule has 0 saturated carbocycles. The van der Waals surface area contributed by atoms with E-state index in [2.05, 4.69) is 50.5 Å². The van der Waals surface area contributed by atoms with Gasteiger partial charge in [0.15, 0.2) is 0 Å². The average Bonchev–Trinajstić information content (AvgIpc) is 3.21. The molecule has 150 valence electrons. The maximum atomic E-state index is 10.3. The Labute approximate surface area is 171 Å². The van der Waals surface area contributed by atoms with E-state index in [9.17, 15) is 5.11 Å². The van der Waals surface area contributed by atoms with Crippen molar-refractivity contribution in [3.05, 3.63) is 52.5 Å². The molecule has 2 atom stereocenters. The number of rotatable bonds is 6. The lowest BCUT2D eigenvalue weighted by atomic mass is 9.60. The van der Waals surface area contributed by atoms with E-state index in [1.165, 1.54) is 10.6 Å². The number of aliphatic hydroxyl groups excluding tert-OH is 1. The molecule has 0 amide bonds. The number of thiazole rings is 1. The lowest BCUT2D eigenvalue weighted by Crippen LogP contribution is -2.84. The summed E-state index contributed by atoms with van der Waals surface area (Å²) in [6, 6.07) is 11.1. The number of aliphatic hydroxyl groups is 1. The maximum absolute atomic E-state index is 10.3. The molecule has 6 heteroatoms. The summed E-state index contributed by atoms with van der Waals surface area (Å²) < 4.78 is 5.56. The number of likely N-dealkylation sites (tertiary alicyclic amines) is 2. The van der Waals surface area contributed by atoms with Crippen LogP contribution in [0.1, 0.15) is 29.3 Å². The van der Waals surface area contributed by atoms with Crippen molar-refractivity contribution in [2.24, 2.45) is 5.92 Å². The quantitative estimate of drug-likeness (QED) is 0.809. The van der Waals surface area contributed by atoms with Crippen molar-refractivity contribution in [1.82, 2.24) is 14.8 Å². The summed E-state index contributed by atoms with van der Waals surface area (Å²) in [4.78, 5) is 9.61. The van der Waals surface area contributed by atoms with E-state index in [-0.39, 0.29) is 18.2 Å². The Balaban J connectivity index is 1.36. The van der Waals surface area contributed by atoms with Gasteiger partial charge in [-0.3, -0.25) is 9.80 Å². The summed E-state index contributed by atoms with van der Waals surface area (Å²) in [6.45, 7) is 6.15. The van der Waals surface area contributed by atoms with Crippen LogP contribution >= 0.6 is 11.3 Å². The highest BCUT2D eigenvalue weighted by molar-refractivity contribution is 7.09. The Morgan fingerprint density at radius 3 is 2.64 bits per heavy atom. The van der Waals surface area contributed by atoms with Crippen LogP contribution in [0.2, 0.25) is 0 Å². The minimum atomic E-state index is 0.157. The molecule has 1 N–H and O–H groups in total. The third kappa shape index (κ3) is 3.21. The molecule has 0 radical (unpaired) electrons. The minimum Gasteiger partial charge on any atom is -0.395 e. The average molecular weight is 400 g/mol. The van der Waals surface area contributed by atoms with E-state index in [1.807, 2.05) is 6.20 Å². The van der Waals surface area contributed by atoms with Gasteiger partial charge in [-0.2, -0.15) is 0 Å². The van der Waals surface area contributed by atoms with Crippen molar-refractivity contribution >= 4 is 11.3 Å². The molecule has 0 aliphatic carbocycles. The van der Waals surface area contributed by atoms with E-state index in [0.29, 0.717) is 11.8 Å². The van der Waals surface area contributed by atoms with Gasteiger partial charge < -0.3 is 9.84 Å². The zero-order valence-electron chi connectivity index (χ0n) is 16.2. The predicted molar refractivity (Wildman–Crippen MR) is 110 cm³/mol. The fraction of sp³-hybridized carbons (Fsp3) is 0.591. The SMILES string of the molecule is OC[C@@H]1[C@H](c2ccccc2)C2(CN(Cc3nccs3)C2)N1CC1CCOCC1. The van der Waals surface area contributed by atoms with Gasteiger partial charge in [0.05, 0.1) is 18.7 Å². The van der Waals surface area contributed by atoms with Gasteiger partial charge in [-0.25, -0.2) is 4.98 Å². The van der Waals surface area contributed by atoms with Crippen LogP contribution in [0.3, 0.4) is 0 Å². The van der Waals surface area contributed by atoms with E-state index >= 15 is 0 Å². The van der Waals surface area contributed by atoms with E-state index in [1.54, 1.807) is 11.3 Å². The fourth-order valence-corrected chi connectivity index (χ4v) is 6.28. The summed E-state index contributed by atoms with van der Waals surface area (Å²) in [6.07, 6.45) is 4.18. The second-order valence-corrected chi connectivity index (χ2v) is 9.50. The highest BCUT2D eigenvalue weighted by Gasteiger charge is 2.65. The molecule has 0 unspecified atom stereocenters. The molecule has 3 aliphatic heterocycles. The third-order valence-corrected chi connectivity index (χ3v) is 7.68. The van der Waals surface area contributed by atoms with Crippen molar-refractivity contribution < 1.29 is 9.84 Å². The zero-order valence-corrected chi connectivity index (χ0v) is 17.1. The smallest absolute Gasteiger partial charge is 0.107 e. The molecule has 28 heavy (non-hydrogen) atoms. The van der Waals surface area contributed by atoms with Crippen molar-refractivity contribution in [1.29, 1.82) is 0 Å². The van der Waals surface area contributed by atoms with Gasteiger partial charge in [-0.1, -0.05) is 30.3 Å². The van der Waals surface area contributed by atoms with Gasteiger partial charge in [0.25, 0.3) is 0 Å². The Morgan fingerprint density at radius 2 is 1.96 bits per heavy atom. The first kappa shape index (κ1) is 18.7. The number of hydrogen-bond donors (Lipinski definition) is 1. The topological polar surface area (TPSA) is 48.8 Å². The number of benzene rings is 1. The predicted octanol–water partition coefficient (Wildman–Crippen LogP) is 2.58. The third-order valence-electron chi connectivity index (χ3n) is 6.91. The molecule has 5 nitrogen and oxygen atoms in total. The summed E-state index contributed by atoms with van der Waals surface area (Å²) in [7, 11) is 0. The first-order chi connectivity index (χ1) is 13.8. The Bertz CT molecular complexity index is 757. The van der Waals surface area contributed by atoms with E-state index in [0.717, 1.165) is 52.2 Å². The summed E-state index contributed by atoms with van der Waals surface area (Å²) >= 11 is 1.74. The number of nitrogens with zero attached hydrogens (tertiary/aromatic N) is 3. The lowest BCUT2D eigenvalue weighted by Gasteiger charge is -2.71. The van der Waals surface area contributed by atoms with Crippen molar-refractivity contribution in [3.8, 4) is 0 Å². The van der Waals surface area contributed by atoms with Crippen LogP contribution in [0.4, 0.5) is 0 Å². The molecule has 1 aromatic carbocycles. The normalized spacial score (nSPS) is 28.2. The summed E-state index contributed by atoms with van der Waals surface area (Å²) in [5.41, 5.74) is 1.53. The number of hydrogen-bond acceptors (Lipinski definition) is 6. The van der Waals surface area contributed by atoms with Gasteiger partial charge in [0.1, 0.15) is 5.01 Å². The molecule has 5 rings (SSSR count). The summed E-state index contributed by atoms with van der Waals surface area (Å²) in [5, 5.41) is 13.5. The van der Waals surface area contributed by atoms with Crippen molar-refractivity contribution in [3.63, 3.8) is 0 Å². The van der Waals surface area contributed by atoms with E-state index in [4.69, 9.17) is 4.74 Å². The summed E-state index contributed by atoms with van der Waals surface area (Å²) in [5.74, 6) is 1.09. The standard InChI is InChI=1S/C22H29N3O2S/c26-14-19-21(18-4-2-1-3-5-18)22(25(19)12-17-6-9-27-10-7-17)15-24(16-22)13-20-23-8-11-28-20/h1-5,8,11,17,19,21,26H,6-7,9-10,12-16H2/t19-,21+/m1/s1. The highest BCUT2D eigenvalue weighted by atomic mass is 32.1. The first-order valence-electron chi connectivity index (χ1n) is 10.4. The molecular formula is C22H29N3O2S. The zero-order chi connectivity index (χ0) is 19.0. The molecule has 3 saturated heterocycles. The monoisotopic (exact) mass is 399 g/mol. The van der Waals surface area contributed by atoms with Crippen LogP contribution in [0.25, 0.3) is 0 Å². The van der Waals surface area contributed by atoms with Crippen LogP contribution in [-0.2, 0) is 11.3 Å². The molecular weight excluding hydrogens is 370 g/mol. The van der Waals surface area contributed by atoms with Crippen LogP contribution < -0.4 is 0 Å². The van der Waals surface area contributed by atoms with E-state index < -0.39 is 0 Å². The molecule has 2 aromatic rings. The van der Waals surface area contributed by atoms with Gasteiger partial charge >= 0.3 is 0 Å². The molecule has 1 spiro atoms. The number of aromatic nitrogens is 1. The molecule has 1 aromatic heterocycles. The second kappa shape index (κ2) is 7.84. The molecule has 0 bridgehead atoms. The van der Waals surface area contributed by atoms with Crippen LogP contribution in [0.15, 0.2) is 41.9 Å². The largest absolute Gasteiger partial charge is 0.395 e. The highest BCUT2D eigenvalue weighted by Crippen LogP contribution is 2.54. The Kier molecular flexibility index (Phi) is 5.24. The van der Waals surface area contributed by atoms with Crippen LogP contribution in [-0.4, -0.2) is 70.9 Å². The van der Waals surface area contributed by atoms with Gasteiger partial charge in [0, 0.05) is 56.4 Å². The Hall–Kier alpha value is -1.31. The lowest BCUT2D eigenvalue weighted by molar-refractivity contribution is -0.199. The Morgan fingerprint density at radius 1 is 1.18 bits per heavy atom. The van der Waals surface area contributed by atoms with Crippen molar-refractivity contribution in [2.45, 2.75) is 36.9 Å². The van der Waals surface area contributed by atoms with Crippen LogP contribution in [0, 0.1) is 5.92 Å². The fourth-order valence-electron chi connectivity index (χ4n) is 5.63. The minimum absolute atomic E-state index is 0.157. The molecule has 4 heterocycles. The maximum Gasteiger partial charge on any atom is 0.107 e. The second-order valence-electron chi connectivity index (χ2n) is 8.52. The van der Waals surface area contributed by atoms with Gasteiger partial charge in [0.2, 0.25) is 0 Å². The number of ether oxygens (including phenoxy) is 1. The van der Waals surface area contributed by atoms with Gasteiger partial charge in [-0.15, -0.1) is 11.3 Å². The van der Waals surface area contributed by atoms with Crippen molar-refractivity contribution in [2.75, 3.05) is 39.5 Å². The molecule has 3 fully saturated rings. The van der Waals surface area contributed by atoms with Gasteiger partial charge in [-0.05, 0) is 24.3 Å². The molecule has 3 aliphatic rings.